The molecule has 0 radical (unpaired) electrons. The van der Waals surface area contributed by atoms with Crippen LogP contribution in [-0.2, 0) is 6.42 Å². The van der Waals surface area contributed by atoms with Gasteiger partial charge in [-0.2, -0.15) is 0 Å². The number of hydrogen-bond donors (Lipinski definition) is 2. The number of rotatable bonds is 4. The van der Waals surface area contributed by atoms with Crippen LogP contribution in [0.25, 0.3) is 0 Å². The number of hydrogen-bond acceptors (Lipinski definition) is 2. The van der Waals surface area contributed by atoms with Crippen molar-refractivity contribution in [2.45, 2.75) is 20.3 Å². The van der Waals surface area contributed by atoms with Crippen LogP contribution in [0.4, 0.5) is 0 Å². The summed E-state index contributed by atoms with van der Waals surface area (Å²) in [4.78, 5) is 11.1. The summed E-state index contributed by atoms with van der Waals surface area (Å²) >= 11 is 0. The van der Waals surface area contributed by atoms with E-state index in [4.69, 9.17) is 5.73 Å². The van der Waals surface area contributed by atoms with E-state index in [-0.39, 0.29) is 5.91 Å². The number of benzene rings is 1. The van der Waals surface area contributed by atoms with Crippen LogP contribution in [-0.4, -0.2) is 19.5 Å². The van der Waals surface area contributed by atoms with Crippen LogP contribution >= 0.6 is 0 Å². The smallest absolute Gasteiger partial charge is 0.248 e. The van der Waals surface area contributed by atoms with Crippen molar-refractivity contribution in [1.29, 1.82) is 0 Å². The number of likely N-dealkylation sites (N-methyl/N-ethyl adjacent to an activating group) is 1. The number of primary amides is 1. The van der Waals surface area contributed by atoms with Gasteiger partial charge in [0.1, 0.15) is 0 Å². The highest BCUT2D eigenvalue weighted by Crippen LogP contribution is 2.17. The second-order valence-electron chi connectivity index (χ2n) is 3.74. The average Bonchev–Trinajstić information content (AvgIpc) is 2.20. The summed E-state index contributed by atoms with van der Waals surface area (Å²) in [5.41, 5.74) is 9.34. The van der Waals surface area contributed by atoms with Crippen LogP contribution in [0.5, 0.6) is 0 Å². The third-order valence-electron chi connectivity index (χ3n) is 2.81. The molecule has 0 saturated carbocycles. The summed E-state index contributed by atoms with van der Waals surface area (Å²) < 4.78 is 0. The zero-order valence-corrected chi connectivity index (χ0v) is 9.55. The Morgan fingerprint density at radius 3 is 2.53 bits per heavy atom. The van der Waals surface area contributed by atoms with E-state index < -0.39 is 0 Å². The number of nitrogens with two attached hydrogens (primary N) is 1. The van der Waals surface area contributed by atoms with Crippen LogP contribution in [0, 0.1) is 13.8 Å². The van der Waals surface area contributed by atoms with Crippen molar-refractivity contribution < 1.29 is 4.79 Å². The van der Waals surface area contributed by atoms with Gasteiger partial charge in [0.2, 0.25) is 5.91 Å². The molecule has 0 saturated heterocycles. The minimum Gasteiger partial charge on any atom is -0.366 e. The van der Waals surface area contributed by atoms with Gasteiger partial charge in [0.15, 0.2) is 0 Å². The third kappa shape index (κ3) is 2.57. The van der Waals surface area contributed by atoms with Crippen molar-refractivity contribution in [3.8, 4) is 0 Å². The first-order valence-electron chi connectivity index (χ1n) is 5.11. The van der Waals surface area contributed by atoms with Gasteiger partial charge < -0.3 is 11.1 Å². The van der Waals surface area contributed by atoms with E-state index in [1.807, 2.05) is 33.0 Å². The molecule has 0 bridgehead atoms. The predicted octanol–water partition coefficient (Wildman–Crippen LogP) is 1.16. The molecule has 82 valence electrons. The Balaban J connectivity index is 3.04. The Morgan fingerprint density at radius 1 is 1.33 bits per heavy atom. The minimum atomic E-state index is -0.351. The Morgan fingerprint density at radius 2 is 2.00 bits per heavy atom. The summed E-state index contributed by atoms with van der Waals surface area (Å²) in [6.45, 7) is 4.92. The van der Waals surface area contributed by atoms with Crippen molar-refractivity contribution in [3.05, 3.63) is 34.4 Å². The first-order valence-corrected chi connectivity index (χ1v) is 5.11. The highest BCUT2D eigenvalue weighted by Gasteiger charge is 2.09. The molecule has 3 N–H and O–H groups in total. The molecule has 0 heterocycles. The van der Waals surface area contributed by atoms with E-state index in [9.17, 15) is 4.79 Å². The lowest BCUT2D eigenvalue weighted by Gasteiger charge is -2.11. The molecular weight excluding hydrogens is 188 g/mol. The second-order valence-corrected chi connectivity index (χ2v) is 3.74. The molecule has 1 aromatic carbocycles. The van der Waals surface area contributed by atoms with Crippen molar-refractivity contribution in [2.24, 2.45) is 5.73 Å². The van der Waals surface area contributed by atoms with Gasteiger partial charge in [-0.15, -0.1) is 0 Å². The van der Waals surface area contributed by atoms with E-state index in [0.717, 1.165) is 18.5 Å². The molecule has 15 heavy (non-hydrogen) atoms. The van der Waals surface area contributed by atoms with E-state index in [0.29, 0.717) is 5.56 Å². The van der Waals surface area contributed by atoms with Gasteiger partial charge in [0, 0.05) is 5.56 Å². The normalized spacial score (nSPS) is 10.3. The molecule has 0 aliphatic rings. The maximum atomic E-state index is 11.1. The zero-order chi connectivity index (χ0) is 11.4. The summed E-state index contributed by atoms with van der Waals surface area (Å²) in [6, 6.07) is 3.80. The molecule has 3 heteroatoms. The lowest BCUT2D eigenvalue weighted by molar-refractivity contribution is 0.0999. The Labute approximate surface area is 90.7 Å². The van der Waals surface area contributed by atoms with Gasteiger partial charge >= 0.3 is 0 Å². The first-order chi connectivity index (χ1) is 7.07. The van der Waals surface area contributed by atoms with Crippen LogP contribution in [0.2, 0.25) is 0 Å². The third-order valence-corrected chi connectivity index (χ3v) is 2.81. The Hall–Kier alpha value is -1.35. The second kappa shape index (κ2) is 4.94. The van der Waals surface area contributed by atoms with E-state index in [1.54, 1.807) is 0 Å². The maximum Gasteiger partial charge on any atom is 0.248 e. The summed E-state index contributed by atoms with van der Waals surface area (Å²) in [7, 11) is 1.93. The quantitative estimate of drug-likeness (QED) is 0.776. The van der Waals surface area contributed by atoms with Crippen LogP contribution < -0.4 is 11.1 Å². The molecule has 1 aromatic rings. The molecule has 1 rings (SSSR count). The molecule has 1 amide bonds. The van der Waals surface area contributed by atoms with E-state index in [2.05, 4.69) is 5.32 Å². The largest absolute Gasteiger partial charge is 0.366 e. The standard InChI is InChI=1S/C12H18N2O/c1-8-9(2)11(12(13)15)5-4-10(8)6-7-14-3/h4-5,14H,6-7H2,1-3H3,(H2,13,15). The van der Waals surface area contributed by atoms with E-state index >= 15 is 0 Å². The highest BCUT2D eigenvalue weighted by molar-refractivity contribution is 5.94. The summed E-state index contributed by atoms with van der Waals surface area (Å²) in [6.07, 6.45) is 0.974. The average molecular weight is 206 g/mol. The molecule has 0 aliphatic carbocycles. The summed E-state index contributed by atoms with van der Waals surface area (Å²) in [5, 5.41) is 3.11. The van der Waals surface area contributed by atoms with Gasteiger partial charge in [-0.3, -0.25) is 4.79 Å². The molecular formula is C12H18N2O. The lowest BCUT2D eigenvalue weighted by Crippen LogP contribution is -2.15. The molecule has 0 aromatic heterocycles. The molecule has 0 aliphatic heterocycles. The van der Waals surface area contributed by atoms with Gasteiger partial charge in [-0.25, -0.2) is 0 Å². The van der Waals surface area contributed by atoms with Gasteiger partial charge in [0.25, 0.3) is 0 Å². The van der Waals surface area contributed by atoms with Crippen molar-refractivity contribution in [1.82, 2.24) is 5.32 Å². The zero-order valence-electron chi connectivity index (χ0n) is 9.55. The fraction of sp³-hybridized carbons (Fsp3) is 0.417. The minimum absolute atomic E-state index is 0.351. The predicted molar refractivity (Wildman–Crippen MR) is 62.1 cm³/mol. The number of carbonyl (C=O) groups is 1. The number of carbonyl (C=O) groups excluding carboxylic acids is 1. The number of amides is 1. The maximum absolute atomic E-state index is 11.1. The molecule has 0 fully saturated rings. The topological polar surface area (TPSA) is 55.1 Å². The molecule has 0 spiro atoms. The van der Waals surface area contributed by atoms with E-state index in [1.165, 1.54) is 11.1 Å². The van der Waals surface area contributed by atoms with Crippen molar-refractivity contribution >= 4 is 5.91 Å². The molecule has 0 atom stereocenters. The highest BCUT2D eigenvalue weighted by atomic mass is 16.1. The molecule has 3 nitrogen and oxygen atoms in total. The van der Waals surface area contributed by atoms with Crippen LogP contribution in [0.1, 0.15) is 27.0 Å². The fourth-order valence-corrected chi connectivity index (χ4v) is 1.67. The van der Waals surface area contributed by atoms with Gasteiger partial charge in [-0.1, -0.05) is 6.07 Å². The number of nitrogens with one attached hydrogen (secondary N) is 1. The van der Waals surface area contributed by atoms with Gasteiger partial charge in [-0.05, 0) is 56.6 Å². The Bertz CT molecular complexity index is 372. The molecule has 0 unspecified atom stereocenters. The SMILES string of the molecule is CNCCc1ccc(C(N)=O)c(C)c1C. The lowest BCUT2D eigenvalue weighted by atomic mass is 9.96. The first kappa shape index (κ1) is 11.7. The van der Waals surface area contributed by atoms with Crippen molar-refractivity contribution in [2.75, 3.05) is 13.6 Å². The summed E-state index contributed by atoms with van der Waals surface area (Å²) in [5.74, 6) is -0.351. The van der Waals surface area contributed by atoms with Crippen LogP contribution in [0.15, 0.2) is 12.1 Å². The monoisotopic (exact) mass is 206 g/mol. The van der Waals surface area contributed by atoms with Crippen molar-refractivity contribution in [3.63, 3.8) is 0 Å². The Kier molecular flexibility index (Phi) is 3.86. The van der Waals surface area contributed by atoms with Crippen LogP contribution in [0.3, 0.4) is 0 Å². The van der Waals surface area contributed by atoms with Gasteiger partial charge in [0.05, 0.1) is 0 Å². The fourth-order valence-electron chi connectivity index (χ4n) is 1.67.